The molecule has 2 amide bonds. The van der Waals surface area contributed by atoms with E-state index in [1.807, 2.05) is 0 Å². The average molecular weight is 434 g/mol. The van der Waals surface area contributed by atoms with E-state index in [0.29, 0.717) is 22.2 Å². The number of nitrogens with one attached hydrogen (secondary N) is 2. The Kier molecular flexibility index (Phi) is 5.48. The van der Waals surface area contributed by atoms with Gasteiger partial charge < -0.3 is 10.6 Å². The number of anilines is 1. The summed E-state index contributed by atoms with van der Waals surface area (Å²) in [5.41, 5.74) is 1.63. The molecule has 2 heterocycles. The fraction of sp³-hybridized carbons (Fsp3) is 0.261. The Labute approximate surface area is 183 Å². The molecule has 0 spiro atoms. The average Bonchev–Trinajstić information content (AvgIpc) is 3.13. The zero-order valence-corrected chi connectivity index (χ0v) is 17.6. The quantitative estimate of drug-likeness (QED) is 0.474. The van der Waals surface area contributed by atoms with Gasteiger partial charge in [0.25, 0.3) is 17.9 Å². The first-order valence-corrected chi connectivity index (χ1v) is 10.3. The number of fused-ring (bicyclic) bond motifs is 6. The summed E-state index contributed by atoms with van der Waals surface area (Å²) in [6.07, 6.45) is 1.32. The molecule has 2 atom stereocenters. The summed E-state index contributed by atoms with van der Waals surface area (Å²) in [5.74, 6) is -2.12. The third kappa shape index (κ3) is 3.73. The van der Waals surface area contributed by atoms with E-state index in [9.17, 15) is 24.5 Å². The van der Waals surface area contributed by atoms with Crippen LogP contribution in [0, 0.1) is 16.0 Å². The van der Waals surface area contributed by atoms with Crippen LogP contribution in [0.2, 0.25) is 0 Å². The minimum absolute atomic E-state index is 0.215. The highest BCUT2D eigenvalue weighted by molar-refractivity contribution is 6.09. The summed E-state index contributed by atoms with van der Waals surface area (Å²) in [6, 6.07) is 11.0. The van der Waals surface area contributed by atoms with Gasteiger partial charge in [0.05, 0.1) is 23.2 Å². The highest BCUT2D eigenvalue weighted by atomic mass is 16.6. The molecule has 9 nitrogen and oxygen atoms in total. The molecule has 1 aromatic heterocycles. The van der Waals surface area contributed by atoms with Crippen molar-refractivity contribution in [3.05, 3.63) is 76.0 Å². The lowest BCUT2D eigenvalue weighted by atomic mass is 10.0. The summed E-state index contributed by atoms with van der Waals surface area (Å²) in [6.45, 7) is 3.46. The second kappa shape index (κ2) is 8.26. The summed E-state index contributed by atoms with van der Waals surface area (Å²) in [7, 11) is 0. The zero-order chi connectivity index (χ0) is 23.0. The van der Waals surface area contributed by atoms with Crippen molar-refractivity contribution in [1.82, 2.24) is 9.88 Å². The number of hydrogen-bond donors (Lipinski definition) is 2. The molecule has 0 aliphatic carbocycles. The number of amides is 2. The smallest absolute Gasteiger partial charge is 0.295 e. The van der Waals surface area contributed by atoms with E-state index in [0.717, 1.165) is 0 Å². The number of rotatable bonds is 2. The van der Waals surface area contributed by atoms with Gasteiger partial charge >= 0.3 is 0 Å². The van der Waals surface area contributed by atoms with E-state index < -0.39 is 28.8 Å². The fourth-order valence-electron chi connectivity index (χ4n) is 3.96. The van der Waals surface area contributed by atoms with Crippen LogP contribution >= 0.6 is 0 Å². The van der Waals surface area contributed by atoms with Gasteiger partial charge in [-0.05, 0) is 29.7 Å². The van der Waals surface area contributed by atoms with Crippen LogP contribution in [-0.4, -0.2) is 39.3 Å². The van der Waals surface area contributed by atoms with Gasteiger partial charge in [0.1, 0.15) is 6.04 Å². The first-order valence-electron chi connectivity index (χ1n) is 10.3. The van der Waals surface area contributed by atoms with Crippen LogP contribution in [0.3, 0.4) is 0 Å². The molecule has 4 rings (SSSR count). The Morgan fingerprint density at radius 2 is 1.72 bits per heavy atom. The van der Waals surface area contributed by atoms with Crippen molar-refractivity contribution in [3.8, 4) is 0 Å². The van der Waals surface area contributed by atoms with E-state index in [2.05, 4.69) is 10.6 Å². The number of para-hydroxylation sites is 2. The maximum atomic E-state index is 13.5. The molecular weight excluding hydrogens is 412 g/mol. The number of carbonyl (C=O) groups is 3. The van der Waals surface area contributed by atoms with E-state index in [1.54, 1.807) is 62.4 Å². The molecule has 0 saturated heterocycles. The third-order valence-corrected chi connectivity index (χ3v) is 5.65. The summed E-state index contributed by atoms with van der Waals surface area (Å²) in [5, 5.41) is 17.7. The predicted molar refractivity (Wildman–Crippen MR) is 118 cm³/mol. The molecule has 1 aliphatic rings. The monoisotopic (exact) mass is 434 g/mol. The van der Waals surface area contributed by atoms with Crippen molar-refractivity contribution in [1.29, 1.82) is 0 Å². The molecule has 1 aliphatic heterocycles. The maximum Gasteiger partial charge on any atom is 0.295 e. The van der Waals surface area contributed by atoms with Gasteiger partial charge in [0, 0.05) is 16.5 Å². The van der Waals surface area contributed by atoms with E-state index in [-0.39, 0.29) is 23.8 Å². The molecule has 2 N–H and O–H groups in total. The Morgan fingerprint density at radius 3 is 2.44 bits per heavy atom. The molecule has 0 fully saturated rings. The van der Waals surface area contributed by atoms with Gasteiger partial charge in [0.15, 0.2) is 0 Å². The lowest BCUT2D eigenvalue weighted by molar-refractivity contribution is -0.507. The van der Waals surface area contributed by atoms with Crippen LogP contribution in [0.1, 0.15) is 29.8 Å². The summed E-state index contributed by atoms with van der Waals surface area (Å²) < 4.78 is 1.41. The Bertz CT molecular complexity index is 1250. The number of nitro groups is 1. The van der Waals surface area contributed by atoms with Crippen LogP contribution in [0.5, 0.6) is 0 Å². The Balaban J connectivity index is 1.94. The Hall–Kier alpha value is -4.01. The van der Waals surface area contributed by atoms with Gasteiger partial charge in [0.2, 0.25) is 5.91 Å². The molecule has 0 radical (unpaired) electrons. The second-order valence-electron chi connectivity index (χ2n) is 8.12. The fourth-order valence-corrected chi connectivity index (χ4v) is 3.96. The molecule has 3 aromatic rings. The largest absolute Gasteiger partial charge is 0.338 e. The van der Waals surface area contributed by atoms with Crippen molar-refractivity contribution in [2.24, 2.45) is 5.92 Å². The second-order valence-corrected chi connectivity index (χ2v) is 8.12. The lowest BCUT2D eigenvalue weighted by Crippen LogP contribution is -2.52. The summed E-state index contributed by atoms with van der Waals surface area (Å²) >= 11 is 0. The normalized spacial score (nSPS) is 19.4. The lowest BCUT2D eigenvalue weighted by Gasteiger charge is -2.23. The van der Waals surface area contributed by atoms with Crippen molar-refractivity contribution in [3.63, 3.8) is 0 Å². The summed E-state index contributed by atoms with van der Waals surface area (Å²) in [4.78, 5) is 50.4. The minimum atomic E-state index is -1.61. The van der Waals surface area contributed by atoms with Crippen molar-refractivity contribution in [2.45, 2.75) is 32.4 Å². The highest BCUT2D eigenvalue weighted by Gasteiger charge is 2.36. The van der Waals surface area contributed by atoms with Crippen molar-refractivity contribution in [2.75, 3.05) is 5.32 Å². The molecule has 164 valence electrons. The number of carbonyl (C=O) groups excluding carboxylic acids is 3. The molecule has 2 aromatic carbocycles. The standard InChI is InChI=1S/C23H22N4O5/c1-13(2)20-22(29)24-17-9-5-3-8-16(17)23(30)26-12-14(15-7-4-6-10-18(15)26)11-19(27(31)32)21(28)25-20/h3-10,12-13,19-20H,11H2,1-2H3,(H,24,29)(H,25,28). The van der Waals surface area contributed by atoms with E-state index in [1.165, 1.54) is 10.8 Å². The van der Waals surface area contributed by atoms with Crippen LogP contribution in [-0.2, 0) is 16.0 Å². The van der Waals surface area contributed by atoms with Crippen LogP contribution in [0.25, 0.3) is 10.9 Å². The van der Waals surface area contributed by atoms with Gasteiger partial charge in [-0.3, -0.25) is 29.1 Å². The molecule has 32 heavy (non-hydrogen) atoms. The first-order chi connectivity index (χ1) is 15.3. The van der Waals surface area contributed by atoms with Crippen molar-refractivity contribution >= 4 is 34.3 Å². The SMILES string of the molecule is CC(C)C1NC(=O)C([N+](=O)[O-])Cc2cn(c3ccccc23)C(=O)c2ccccc2NC1=O. The topological polar surface area (TPSA) is 123 Å². The van der Waals surface area contributed by atoms with Crippen LogP contribution in [0.15, 0.2) is 54.7 Å². The van der Waals surface area contributed by atoms with Gasteiger partial charge in [-0.2, -0.15) is 0 Å². The van der Waals surface area contributed by atoms with Crippen LogP contribution < -0.4 is 10.6 Å². The highest BCUT2D eigenvalue weighted by Crippen LogP contribution is 2.27. The molecule has 0 saturated carbocycles. The van der Waals surface area contributed by atoms with Gasteiger partial charge in [-0.1, -0.05) is 44.2 Å². The minimum Gasteiger partial charge on any atom is -0.338 e. The number of hydrogen-bond acceptors (Lipinski definition) is 5. The molecule has 9 heteroatoms. The molecule has 2 unspecified atom stereocenters. The number of aromatic nitrogens is 1. The van der Waals surface area contributed by atoms with E-state index >= 15 is 0 Å². The number of nitrogens with zero attached hydrogens (tertiary/aromatic N) is 2. The zero-order valence-electron chi connectivity index (χ0n) is 17.6. The molecule has 2 bridgehead atoms. The van der Waals surface area contributed by atoms with Gasteiger partial charge in [-0.25, -0.2) is 0 Å². The predicted octanol–water partition coefficient (Wildman–Crippen LogP) is 2.61. The maximum absolute atomic E-state index is 13.5. The van der Waals surface area contributed by atoms with Gasteiger partial charge in [-0.15, -0.1) is 0 Å². The number of benzene rings is 2. The first kappa shape index (κ1) is 21.2. The van der Waals surface area contributed by atoms with E-state index in [4.69, 9.17) is 0 Å². The third-order valence-electron chi connectivity index (χ3n) is 5.65. The molecular formula is C23H22N4O5. The van der Waals surface area contributed by atoms with Crippen LogP contribution in [0.4, 0.5) is 5.69 Å². The Morgan fingerprint density at radius 1 is 1.03 bits per heavy atom. The van der Waals surface area contributed by atoms with Crippen molar-refractivity contribution < 1.29 is 19.3 Å².